The number of H-pyrrole nitrogens is 2. The molecule has 2 aromatic carbocycles. The fraction of sp³-hybridized carbons (Fsp3) is 0.488. The van der Waals surface area contributed by atoms with Crippen LogP contribution in [-0.2, 0) is 9.59 Å². The van der Waals surface area contributed by atoms with Gasteiger partial charge in [0.2, 0.25) is 11.8 Å². The average molecular weight is 721 g/mol. The highest BCUT2D eigenvalue weighted by Gasteiger charge is 2.38. The maximum Gasteiger partial charge on any atom is 0.405 e. The number of carbonyl (C=O) groups is 3. The smallest absolute Gasteiger partial charge is 0.405 e. The summed E-state index contributed by atoms with van der Waals surface area (Å²) in [7, 11) is 0. The van der Waals surface area contributed by atoms with Crippen LogP contribution in [0.4, 0.5) is 4.79 Å². The quantitative estimate of drug-likeness (QED) is 0.130. The lowest BCUT2D eigenvalue weighted by atomic mass is 9.84. The number of carboxylic acid groups (broad SMARTS) is 1. The summed E-state index contributed by atoms with van der Waals surface area (Å²) in [5.74, 6) is 1.76. The summed E-state index contributed by atoms with van der Waals surface area (Å²) >= 11 is 0. The van der Waals surface area contributed by atoms with Crippen LogP contribution in [-0.4, -0.2) is 95.9 Å². The Labute approximate surface area is 311 Å². The number of hydrogen-bond donors (Lipinski definition) is 4. The third-order valence-electron chi connectivity index (χ3n) is 11.7. The van der Waals surface area contributed by atoms with Crippen LogP contribution in [0.5, 0.6) is 0 Å². The summed E-state index contributed by atoms with van der Waals surface area (Å²) < 4.78 is 0. The summed E-state index contributed by atoms with van der Waals surface area (Å²) in [6.07, 6.45) is 10.2. The standard InChI is InChI=1S/C41H52N8O4/c1-4-47(5-2)32-20-18-31(19-21-32)40(51)49-23-7-9-36(49)38-43-25-34(46-38)30-16-12-28(13-17-30)27-10-14-29(15-11-27)33-24-42-37(45-33)35-8-6-22-48(35)39(50)26(3)44-41(52)53/h10-17,24-26,31-32,35-36,44H,4-9,18-23H2,1-3H3,(H,42,45)(H,43,46)(H,52,53)/t26-,31?,32?,35-,36-/m0/s1. The number of hydrogen-bond acceptors (Lipinski definition) is 6. The van der Waals surface area contributed by atoms with Gasteiger partial charge in [-0.15, -0.1) is 0 Å². The van der Waals surface area contributed by atoms with Gasteiger partial charge in [0.05, 0.1) is 35.9 Å². The third-order valence-corrected chi connectivity index (χ3v) is 11.7. The van der Waals surface area contributed by atoms with Crippen LogP contribution in [0.3, 0.4) is 0 Å². The monoisotopic (exact) mass is 720 g/mol. The summed E-state index contributed by atoms with van der Waals surface area (Å²) in [6.45, 7) is 9.54. The lowest BCUT2D eigenvalue weighted by Gasteiger charge is -2.37. The summed E-state index contributed by atoms with van der Waals surface area (Å²) in [6, 6.07) is 16.3. The maximum atomic E-state index is 13.7. The molecule has 0 bridgehead atoms. The number of likely N-dealkylation sites (tertiary alicyclic amines) is 2. The van der Waals surface area contributed by atoms with Crippen LogP contribution in [0, 0.1) is 5.92 Å². The summed E-state index contributed by atoms with van der Waals surface area (Å²) in [4.78, 5) is 60.4. The van der Waals surface area contributed by atoms with Gasteiger partial charge in [-0.2, -0.15) is 0 Å². The zero-order valence-electron chi connectivity index (χ0n) is 31.1. The molecule has 4 N–H and O–H groups in total. The van der Waals surface area contributed by atoms with Crippen molar-refractivity contribution in [2.45, 2.75) is 96.3 Å². The van der Waals surface area contributed by atoms with Crippen LogP contribution >= 0.6 is 0 Å². The first-order chi connectivity index (χ1) is 25.7. The number of aromatic nitrogens is 4. The first-order valence-electron chi connectivity index (χ1n) is 19.4. The van der Waals surface area contributed by atoms with Gasteiger partial charge in [-0.1, -0.05) is 62.4 Å². The number of rotatable bonds is 11. The maximum absolute atomic E-state index is 13.7. The van der Waals surface area contributed by atoms with Crippen molar-refractivity contribution in [2.24, 2.45) is 5.92 Å². The number of carbonyl (C=O) groups excluding carboxylic acids is 2. The van der Waals surface area contributed by atoms with Crippen molar-refractivity contribution in [1.29, 1.82) is 0 Å². The van der Waals surface area contributed by atoms with Gasteiger partial charge in [-0.05, 0) is 93.6 Å². The van der Waals surface area contributed by atoms with Crippen LogP contribution in [0.15, 0.2) is 60.9 Å². The van der Waals surface area contributed by atoms with Crippen LogP contribution in [0.25, 0.3) is 33.6 Å². The normalized spacial score (nSPS) is 22.3. The van der Waals surface area contributed by atoms with Crippen molar-refractivity contribution in [2.75, 3.05) is 26.2 Å². The van der Waals surface area contributed by atoms with Crippen LogP contribution in [0.1, 0.15) is 95.9 Å². The van der Waals surface area contributed by atoms with Crippen molar-refractivity contribution in [3.05, 3.63) is 72.6 Å². The summed E-state index contributed by atoms with van der Waals surface area (Å²) in [5.41, 5.74) is 6.02. The minimum atomic E-state index is -1.22. The zero-order valence-corrected chi connectivity index (χ0v) is 31.1. The number of nitrogens with zero attached hydrogens (tertiary/aromatic N) is 5. The first kappa shape index (κ1) is 36.4. The van der Waals surface area contributed by atoms with E-state index in [1.54, 1.807) is 18.0 Å². The largest absolute Gasteiger partial charge is 0.465 e. The Bertz CT molecular complexity index is 1870. The minimum Gasteiger partial charge on any atom is -0.465 e. The van der Waals surface area contributed by atoms with E-state index in [1.807, 2.05) is 6.20 Å². The molecule has 12 heteroatoms. The Morgan fingerprint density at radius 3 is 1.72 bits per heavy atom. The lowest BCUT2D eigenvalue weighted by Crippen LogP contribution is -2.46. The van der Waals surface area contributed by atoms with E-state index in [-0.39, 0.29) is 23.9 Å². The molecule has 53 heavy (non-hydrogen) atoms. The number of amides is 3. The molecular formula is C41H52N8O4. The molecule has 0 spiro atoms. The minimum absolute atomic E-state index is 0.00454. The Morgan fingerprint density at radius 1 is 0.755 bits per heavy atom. The summed E-state index contributed by atoms with van der Waals surface area (Å²) in [5, 5.41) is 11.3. The van der Waals surface area contributed by atoms with Crippen LogP contribution in [0.2, 0.25) is 0 Å². The predicted octanol–water partition coefficient (Wildman–Crippen LogP) is 7.02. The molecule has 3 fully saturated rings. The Hall–Kier alpha value is -4.97. The number of nitrogens with one attached hydrogen (secondary N) is 3. The van der Waals surface area contributed by atoms with E-state index in [4.69, 9.17) is 10.1 Å². The van der Waals surface area contributed by atoms with Gasteiger partial charge in [0.1, 0.15) is 17.7 Å². The van der Waals surface area contributed by atoms with E-state index in [1.165, 1.54) is 0 Å². The molecule has 3 amide bonds. The van der Waals surface area contributed by atoms with E-state index in [0.717, 1.165) is 110 Å². The number of imidazole rings is 2. The lowest BCUT2D eigenvalue weighted by molar-refractivity contribution is -0.138. The molecular weight excluding hydrogens is 669 g/mol. The molecule has 2 aromatic heterocycles. The van der Waals surface area contributed by atoms with Crippen molar-refractivity contribution in [1.82, 2.24) is 40.0 Å². The first-order valence-corrected chi connectivity index (χ1v) is 19.4. The van der Waals surface area contributed by atoms with Gasteiger partial charge in [-0.25, -0.2) is 14.8 Å². The van der Waals surface area contributed by atoms with Crippen LogP contribution < -0.4 is 5.32 Å². The number of benzene rings is 2. The highest BCUT2D eigenvalue weighted by atomic mass is 16.4. The third kappa shape index (κ3) is 7.74. The van der Waals surface area contributed by atoms with E-state index in [9.17, 15) is 14.4 Å². The second-order valence-corrected chi connectivity index (χ2v) is 14.8. The molecule has 3 atom stereocenters. The highest BCUT2D eigenvalue weighted by molar-refractivity contribution is 5.85. The molecule has 7 rings (SSSR count). The van der Waals surface area contributed by atoms with Crippen molar-refractivity contribution >= 4 is 17.9 Å². The fourth-order valence-electron chi connectivity index (χ4n) is 8.78. The topological polar surface area (TPSA) is 151 Å². The molecule has 0 radical (unpaired) electrons. The molecule has 280 valence electrons. The van der Waals surface area contributed by atoms with Crippen molar-refractivity contribution in [3.8, 4) is 33.6 Å². The molecule has 4 aromatic rings. The molecule has 1 saturated carbocycles. The van der Waals surface area contributed by atoms with E-state index in [2.05, 4.69) is 92.4 Å². The average Bonchev–Trinajstić information content (AvgIpc) is 4.02. The molecule has 0 unspecified atom stereocenters. The zero-order chi connectivity index (χ0) is 37.1. The molecule has 12 nitrogen and oxygen atoms in total. The van der Waals surface area contributed by atoms with E-state index < -0.39 is 12.1 Å². The van der Waals surface area contributed by atoms with E-state index in [0.29, 0.717) is 24.3 Å². The van der Waals surface area contributed by atoms with Gasteiger partial charge < -0.3 is 35.1 Å². The van der Waals surface area contributed by atoms with Gasteiger partial charge in [0.25, 0.3) is 0 Å². The van der Waals surface area contributed by atoms with Gasteiger partial charge in [0, 0.05) is 25.0 Å². The van der Waals surface area contributed by atoms with Crippen molar-refractivity contribution < 1.29 is 19.5 Å². The Morgan fingerprint density at radius 2 is 1.23 bits per heavy atom. The Kier molecular flexibility index (Phi) is 11.0. The Balaban J connectivity index is 0.968. The van der Waals surface area contributed by atoms with Gasteiger partial charge in [0.15, 0.2) is 0 Å². The predicted molar refractivity (Wildman–Crippen MR) is 204 cm³/mol. The molecule has 3 aliphatic rings. The number of aromatic amines is 2. The second kappa shape index (κ2) is 16.0. The molecule has 2 aliphatic heterocycles. The SMILES string of the molecule is CCN(CC)C1CCC(C(=O)N2CCC[C@H]2c2ncc(-c3ccc(-c4ccc(-c5cnc([C@@H]6CCCN6C(=O)[C@H](C)NC(=O)O)[nH]5)cc4)cc3)[nH]2)CC1. The molecule has 4 heterocycles. The van der Waals surface area contributed by atoms with E-state index >= 15 is 0 Å². The molecule has 1 aliphatic carbocycles. The second-order valence-electron chi connectivity index (χ2n) is 14.8. The fourth-order valence-corrected chi connectivity index (χ4v) is 8.78. The van der Waals surface area contributed by atoms with Crippen molar-refractivity contribution in [3.63, 3.8) is 0 Å². The van der Waals surface area contributed by atoms with Gasteiger partial charge >= 0.3 is 6.09 Å². The van der Waals surface area contributed by atoms with Gasteiger partial charge in [-0.3, -0.25) is 9.59 Å². The molecule has 2 saturated heterocycles. The highest BCUT2D eigenvalue weighted by Crippen LogP contribution is 2.37.